The van der Waals surface area contributed by atoms with Crippen LogP contribution in [0.15, 0.2) is 57.8 Å². The number of ether oxygens (including phenoxy) is 1. The molecule has 0 saturated heterocycles. The third kappa shape index (κ3) is 4.20. The van der Waals surface area contributed by atoms with E-state index in [4.69, 9.17) is 4.74 Å². The number of carbonyl (C=O) groups is 1. The Bertz CT molecular complexity index is 1120. The second-order valence-electron chi connectivity index (χ2n) is 6.60. The summed E-state index contributed by atoms with van der Waals surface area (Å²) < 4.78 is 48.1. The van der Waals surface area contributed by atoms with Crippen LogP contribution in [-0.4, -0.2) is 17.5 Å². The zero-order valence-corrected chi connectivity index (χ0v) is 17.9. The fraction of sp³-hybridized carbons (Fsp3) is 0.190. The van der Waals surface area contributed by atoms with E-state index in [1.54, 1.807) is 31.2 Å². The van der Waals surface area contributed by atoms with Gasteiger partial charge in [-0.3, -0.25) is 10.1 Å². The fourth-order valence-electron chi connectivity index (χ4n) is 3.48. The molecule has 0 spiro atoms. The molecule has 3 rings (SSSR count). The van der Waals surface area contributed by atoms with Crippen molar-refractivity contribution in [3.8, 4) is 0 Å². The minimum atomic E-state index is -1.32. The molecule has 1 unspecified atom stereocenters. The van der Waals surface area contributed by atoms with Crippen LogP contribution in [0.4, 0.5) is 13.2 Å². The summed E-state index contributed by atoms with van der Waals surface area (Å²) in [5, 5.41) is 14.7. The van der Waals surface area contributed by atoms with Crippen LogP contribution in [0.25, 0.3) is 5.70 Å². The van der Waals surface area contributed by atoms with Crippen molar-refractivity contribution < 1.29 is 27.6 Å². The van der Waals surface area contributed by atoms with Gasteiger partial charge in [0.2, 0.25) is 0 Å². The zero-order chi connectivity index (χ0) is 22.9. The fourth-order valence-corrected chi connectivity index (χ4v) is 3.99. The van der Waals surface area contributed by atoms with Gasteiger partial charge in [0.25, 0.3) is 5.70 Å². The Morgan fingerprint density at radius 3 is 2.39 bits per heavy atom. The predicted molar refractivity (Wildman–Crippen MR) is 110 cm³/mol. The molecule has 2 aromatic rings. The van der Waals surface area contributed by atoms with Crippen LogP contribution in [0.5, 0.6) is 0 Å². The van der Waals surface area contributed by atoms with Crippen LogP contribution in [0.3, 0.4) is 0 Å². The van der Waals surface area contributed by atoms with E-state index in [2.05, 4.69) is 21.2 Å². The largest absolute Gasteiger partial charge is 0.463 e. The van der Waals surface area contributed by atoms with E-state index in [0.717, 1.165) is 0 Å². The summed E-state index contributed by atoms with van der Waals surface area (Å²) in [6.07, 6.45) is 0. The SMILES string of the molecule is CCOC(=O)C1=C(C)NC(c2c(F)cc(F)cc2F)=C([N+](=O)[O-])C1c1ccccc1Br. The zero-order valence-electron chi connectivity index (χ0n) is 16.3. The molecule has 0 aliphatic carbocycles. The molecular formula is C21H16BrF3N2O4. The lowest BCUT2D eigenvalue weighted by atomic mass is 9.82. The van der Waals surface area contributed by atoms with Crippen molar-refractivity contribution >= 4 is 27.6 Å². The van der Waals surface area contributed by atoms with Gasteiger partial charge in [-0.2, -0.15) is 0 Å². The first kappa shape index (κ1) is 22.5. The topological polar surface area (TPSA) is 81.5 Å². The van der Waals surface area contributed by atoms with Crippen LogP contribution in [-0.2, 0) is 9.53 Å². The van der Waals surface area contributed by atoms with Crippen molar-refractivity contribution in [2.24, 2.45) is 0 Å². The smallest absolute Gasteiger partial charge is 0.336 e. The molecular weight excluding hydrogens is 481 g/mol. The number of rotatable bonds is 5. The lowest BCUT2D eigenvalue weighted by molar-refractivity contribution is -0.428. The van der Waals surface area contributed by atoms with Crippen LogP contribution in [0, 0.1) is 27.6 Å². The van der Waals surface area contributed by atoms with Gasteiger partial charge in [-0.15, -0.1) is 0 Å². The number of nitrogens with one attached hydrogen (secondary N) is 1. The third-order valence-corrected chi connectivity index (χ3v) is 5.42. The summed E-state index contributed by atoms with van der Waals surface area (Å²) in [5.41, 5.74) is -1.63. The van der Waals surface area contributed by atoms with Gasteiger partial charge < -0.3 is 10.1 Å². The molecule has 31 heavy (non-hydrogen) atoms. The monoisotopic (exact) mass is 496 g/mol. The van der Waals surface area contributed by atoms with Crippen molar-refractivity contribution in [2.45, 2.75) is 19.8 Å². The minimum absolute atomic E-state index is 0.0177. The lowest BCUT2D eigenvalue weighted by Gasteiger charge is -2.28. The van der Waals surface area contributed by atoms with Gasteiger partial charge in [0, 0.05) is 22.3 Å². The van der Waals surface area contributed by atoms with Gasteiger partial charge in [0.1, 0.15) is 29.1 Å². The molecule has 0 bridgehead atoms. The number of halogens is 4. The standard InChI is InChI=1S/C21H16BrF3N2O4/c1-3-31-21(28)16-10(2)26-19(18-14(24)8-11(23)9-15(18)25)20(27(29)30)17(16)12-6-4-5-7-13(12)22/h4-9,17,26H,3H2,1-2H3. The van der Waals surface area contributed by atoms with Gasteiger partial charge in [-0.25, -0.2) is 18.0 Å². The summed E-state index contributed by atoms with van der Waals surface area (Å²) in [6.45, 7) is 3.03. The van der Waals surface area contributed by atoms with Gasteiger partial charge in [-0.05, 0) is 25.5 Å². The number of dihydropyridines is 1. The van der Waals surface area contributed by atoms with E-state index in [1.807, 2.05) is 0 Å². The molecule has 0 fully saturated rings. The lowest BCUT2D eigenvalue weighted by Crippen LogP contribution is -2.32. The highest BCUT2D eigenvalue weighted by atomic mass is 79.9. The molecule has 162 valence electrons. The Hall–Kier alpha value is -3.14. The molecule has 6 nitrogen and oxygen atoms in total. The molecule has 1 N–H and O–H groups in total. The first-order valence-corrected chi connectivity index (χ1v) is 9.89. The highest BCUT2D eigenvalue weighted by Crippen LogP contribution is 2.44. The normalized spacial score (nSPS) is 16.3. The maximum Gasteiger partial charge on any atom is 0.336 e. The Morgan fingerprint density at radius 1 is 1.23 bits per heavy atom. The number of hydrogen-bond acceptors (Lipinski definition) is 5. The molecule has 1 aliphatic heterocycles. The minimum Gasteiger partial charge on any atom is -0.463 e. The summed E-state index contributed by atoms with van der Waals surface area (Å²) in [4.78, 5) is 24.1. The molecule has 0 radical (unpaired) electrons. The second-order valence-corrected chi connectivity index (χ2v) is 7.45. The first-order chi connectivity index (χ1) is 14.7. The van der Waals surface area contributed by atoms with Crippen molar-refractivity contribution in [1.29, 1.82) is 0 Å². The molecule has 10 heteroatoms. The number of carbonyl (C=O) groups excluding carboxylic acids is 1. The van der Waals surface area contributed by atoms with E-state index in [-0.39, 0.29) is 17.9 Å². The maximum absolute atomic E-state index is 14.6. The van der Waals surface area contributed by atoms with Gasteiger partial charge in [0.05, 0.1) is 22.7 Å². The van der Waals surface area contributed by atoms with Crippen LogP contribution >= 0.6 is 15.9 Å². The number of nitro groups is 1. The Morgan fingerprint density at radius 2 is 1.84 bits per heavy atom. The van der Waals surface area contributed by atoms with Gasteiger partial charge in [-0.1, -0.05) is 34.1 Å². The van der Waals surface area contributed by atoms with Crippen LogP contribution < -0.4 is 5.32 Å². The molecule has 0 saturated carbocycles. The average molecular weight is 497 g/mol. The summed E-state index contributed by atoms with van der Waals surface area (Å²) in [7, 11) is 0. The summed E-state index contributed by atoms with van der Waals surface area (Å²) >= 11 is 3.32. The van der Waals surface area contributed by atoms with E-state index < -0.39 is 51.2 Å². The quantitative estimate of drug-likeness (QED) is 0.356. The Balaban J connectivity index is 2.38. The first-order valence-electron chi connectivity index (χ1n) is 9.10. The Kier molecular flexibility index (Phi) is 6.49. The molecule has 1 aliphatic rings. The number of allylic oxidation sites excluding steroid dienone is 2. The second kappa shape index (κ2) is 8.93. The highest BCUT2D eigenvalue weighted by molar-refractivity contribution is 9.10. The van der Waals surface area contributed by atoms with Gasteiger partial charge in [0.15, 0.2) is 0 Å². The predicted octanol–water partition coefficient (Wildman–Crippen LogP) is 5.04. The number of benzene rings is 2. The number of nitrogens with zero attached hydrogens (tertiary/aromatic N) is 1. The number of hydrogen-bond donors (Lipinski definition) is 1. The van der Waals surface area contributed by atoms with Crippen LogP contribution in [0.2, 0.25) is 0 Å². The van der Waals surface area contributed by atoms with Crippen LogP contribution in [0.1, 0.15) is 30.9 Å². The molecule has 2 aromatic carbocycles. The van der Waals surface area contributed by atoms with E-state index >= 15 is 0 Å². The molecule has 0 aromatic heterocycles. The average Bonchev–Trinajstić information content (AvgIpc) is 2.67. The molecule has 1 atom stereocenters. The van der Waals surface area contributed by atoms with Crippen molar-refractivity contribution in [3.63, 3.8) is 0 Å². The third-order valence-electron chi connectivity index (χ3n) is 4.70. The van der Waals surface area contributed by atoms with Crippen molar-refractivity contribution in [1.82, 2.24) is 5.32 Å². The summed E-state index contributed by atoms with van der Waals surface area (Å²) in [5.74, 6) is -5.94. The molecule has 1 heterocycles. The van der Waals surface area contributed by atoms with E-state index in [0.29, 0.717) is 22.2 Å². The van der Waals surface area contributed by atoms with E-state index in [1.165, 1.54) is 6.92 Å². The van der Waals surface area contributed by atoms with E-state index in [9.17, 15) is 28.1 Å². The summed E-state index contributed by atoms with van der Waals surface area (Å²) in [6, 6.07) is 7.30. The maximum atomic E-state index is 14.6. The number of esters is 1. The molecule has 0 amide bonds. The highest BCUT2D eigenvalue weighted by Gasteiger charge is 2.44. The Labute approximate surface area is 183 Å². The van der Waals surface area contributed by atoms with Crippen molar-refractivity contribution in [2.75, 3.05) is 6.61 Å². The van der Waals surface area contributed by atoms with Crippen molar-refractivity contribution in [3.05, 3.63) is 96.5 Å². The van der Waals surface area contributed by atoms with Gasteiger partial charge >= 0.3 is 5.97 Å².